The van der Waals surface area contributed by atoms with Crippen LogP contribution in [0.1, 0.15) is 37.3 Å². The van der Waals surface area contributed by atoms with Crippen LogP contribution in [0.15, 0.2) is 18.2 Å². The van der Waals surface area contributed by atoms with E-state index in [1.165, 1.54) is 12.8 Å². The van der Waals surface area contributed by atoms with E-state index in [4.69, 9.17) is 0 Å². The largest absolute Gasteiger partial charge is 0.314 e. The van der Waals surface area contributed by atoms with Crippen LogP contribution in [0.3, 0.4) is 0 Å². The van der Waals surface area contributed by atoms with Gasteiger partial charge in [0.15, 0.2) is 0 Å². The third-order valence-corrected chi connectivity index (χ3v) is 4.01. The van der Waals surface area contributed by atoms with Crippen molar-refractivity contribution in [1.82, 2.24) is 5.32 Å². The maximum absolute atomic E-state index is 10.9. The van der Waals surface area contributed by atoms with Gasteiger partial charge in [-0.15, -0.1) is 0 Å². The SMILES string of the molecule is Cc1ccc(CCC2CC(C)CCN2)cc1[N+](=O)[O-]. The van der Waals surface area contributed by atoms with E-state index in [9.17, 15) is 10.1 Å². The van der Waals surface area contributed by atoms with Crippen LogP contribution in [0, 0.1) is 23.0 Å². The van der Waals surface area contributed by atoms with Gasteiger partial charge >= 0.3 is 0 Å². The second kappa shape index (κ2) is 6.15. The molecule has 0 aliphatic carbocycles. The molecule has 1 N–H and O–H groups in total. The van der Waals surface area contributed by atoms with Crippen LogP contribution in [-0.2, 0) is 6.42 Å². The molecule has 1 aromatic carbocycles. The van der Waals surface area contributed by atoms with E-state index in [0.717, 1.165) is 36.4 Å². The van der Waals surface area contributed by atoms with E-state index in [1.54, 1.807) is 13.0 Å². The molecule has 1 aliphatic heterocycles. The fourth-order valence-corrected chi connectivity index (χ4v) is 2.79. The number of nitro groups is 1. The molecule has 0 spiro atoms. The van der Waals surface area contributed by atoms with Crippen molar-refractivity contribution in [2.45, 2.75) is 45.6 Å². The number of rotatable bonds is 4. The van der Waals surface area contributed by atoms with E-state index in [1.807, 2.05) is 12.1 Å². The Morgan fingerprint density at radius 2 is 2.26 bits per heavy atom. The molecule has 2 atom stereocenters. The minimum atomic E-state index is -0.292. The zero-order valence-electron chi connectivity index (χ0n) is 11.7. The average Bonchev–Trinajstić information content (AvgIpc) is 2.37. The summed E-state index contributed by atoms with van der Waals surface area (Å²) in [5, 5.41) is 14.5. The van der Waals surface area contributed by atoms with Crippen LogP contribution < -0.4 is 5.32 Å². The fraction of sp³-hybridized carbons (Fsp3) is 0.600. The van der Waals surface area contributed by atoms with Crippen molar-refractivity contribution in [2.24, 2.45) is 5.92 Å². The summed E-state index contributed by atoms with van der Waals surface area (Å²) in [4.78, 5) is 10.6. The van der Waals surface area contributed by atoms with E-state index < -0.39 is 0 Å². The molecule has 4 nitrogen and oxygen atoms in total. The zero-order valence-corrected chi connectivity index (χ0v) is 11.7. The zero-order chi connectivity index (χ0) is 13.8. The molecular weight excluding hydrogens is 240 g/mol. The molecule has 0 amide bonds. The van der Waals surface area contributed by atoms with E-state index in [-0.39, 0.29) is 10.6 Å². The first-order valence-electron chi connectivity index (χ1n) is 7.03. The van der Waals surface area contributed by atoms with Gasteiger partial charge in [0.25, 0.3) is 5.69 Å². The van der Waals surface area contributed by atoms with Gasteiger partial charge in [0.1, 0.15) is 0 Å². The number of aryl methyl sites for hydroxylation is 2. The van der Waals surface area contributed by atoms with Gasteiger partial charge in [-0.3, -0.25) is 10.1 Å². The smallest absolute Gasteiger partial charge is 0.272 e. The summed E-state index contributed by atoms with van der Waals surface area (Å²) in [7, 11) is 0. The number of piperidine rings is 1. The van der Waals surface area contributed by atoms with Gasteiger partial charge in [-0.05, 0) is 50.6 Å². The summed E-state index contributed by atoms with van der Waals surface area (Å²) in [5.41, 5.74) is 2.04. The minimum Gasteiger partial charge on any atom is -0.314 e. The summed E-state index contributed by atoms with van der Waals surface area (Å²) >= 11 is 0. The Bertz CT molecular complexity index is 459. The average molecular weight is 262 g/mol. The van der Waals surface area contributed by atoms with Crippen LogP contribution in [-0.4, -0.2) is 17.5 Å². The quantitative estimate of drug-likeness (QED) is 0.669. The predicted molar refractivity (Wildman–Crippen MR) is 76.3 cm³/mol. The second-order valence-corrected chi connectivity index (χ2v) is 5.70. The Balaban J connectivity index is 1.96. The van der Waals surface area contributed by atoms with Gasteiger partial charge in [-0.2, -0.15) is 0 Å². The maximum atomic E-state index is 10.9. The predicted octanol–water partition coefficient (Wildman–Crippen LogP) is 3.22. The molecule has 1 aliphatic rings. The van der Waals surface area contributed by atoms with Gasteiger partial charge in [0.2, 0.25) is 0 Å². The van der Waals surface area contributed by atoms with E-state index >= 15 is 0 Å². The lowest BCUT2D eigenvalue weighted by Gasteiger charge is -2.28. The first-order chi connectivity index (χ1) is 9.06. The van der Waals surface area contributed by atoms with Gasteiger partial charge in [0, 0.05) is 17.7 Å². The highest BCUT2D eigenvalue weighted by Crippen LogP contribution is 2.22. The third kappa shape index (κ3) is 3.77. The normalized spacial score (nSPS) is 23.3. The Hall–Kier alpha value is -1.42. The number of nitrogens with one attached hydrogen (secondary N) is 1. The van der Waals surface area contributed by atoms with Crippen LogP contribution in [0.2, 0.25) is 0 Å². The molecule has 2 unspecified atom stereocenters. The minimum absolute atomic E-state index is 0.238. The Kier molecular flexibility index (Phi) is 4.53. The first-order valence-corrected chi connectivity index (χ1v) is 7.03. The Morgan fingerprint density at radius 3 is 2.95 bits per heavy atom. The third-order valence-electron chi connectivity index (χ3n) is 4.01. The summed E-state index contributed by atoms with van der Waals surface area (Å²) in [5.74, 6) is 0.790. The number of hydrogen-bond donors (Lipinski definition) is 1. The molecule has 1 fully saturated rings. The van der Waals surface area contributed by atoms with E-state index in [2.05, 4.69) is 12.2 Å². The van der Waals surface area contributed by atoms with Gasteiger partial charge < -0.3 is 5.32 Å². The molecule has 2 rings (SSSR count). The molecule has 1 saturated heterocycles. The van der Waals surface area contributed by atoms with Gasteiger partial charge in [-0.1, -0.05) is 19.1 Å². The molecular formula is C15H22N2O2. The van der Waals surface area contributed by atoms with Crippen molar-refractivity contribution in [2.75, 3.05) is 6.54 Å². The van der Waals surface area contributed by atoms with Crippen LogP contribution >= 0.6 is 0 Å². The number of benzene rings is 1. The lowest BCUT2D eigenvalue weighted by Crippen LogP contribution is -2.37. The van der Waals surface area contributed by atoms with Crippen molar-refractivity contribution < 1.29 is 4.92 Å². The van der Waals surface area contributed by atoms with Crippen molar-refractivity contribution >= 4 is 5.69 Å². The molecule has 1 aromatic rings. The highest BCUT2D eigenvalue weighted by Gasteiger charge is 2.18. The first kappa shape index (κ1) is 14.0. The standard InChI is InChI=1S/C15H22N2O2/c1-11-7-8-16-14(9-11)6-5-13-4-3-12(2)15(10-13)17(18)19/h3-4,10-11,14,16H,5-9H2,1-2H3. The van der Waals surface area contributed by atoms with Gasteiger partial charge in [0.05, 0.1) is 4.92 Å². The molecule has 1 heterocycles. The highest BCUT2D eigenvalue weighted by molar-refractivity contribution is 5.42. The van der Waals surface area contributed by atoms with Crippen LogP contribution in [0.25, 0.3) is 0 Å². The van der Waals surface area contributed by atoms with Crippen LogP contribution in [0.5, 0.6) is 0 Å². The number of nitro benzene ring substituents is 1. The topological polar surface area (TPSA) is 55.2 Å². The number of hydrogen-bond acceptors (Lipinski definition) is 3. The Morgan fingerprint density at radius 1 is 1.47 bits per heavy atom. The summed E-state index contributed by atoms with van der Waals surface area (Å²) in [6.07, 6.45) is 4.44. The molecule has 4 heteroatoms. The van der Waals surface area contributed by atoms with Crippen molar-refractivity contribution in [1.29, 1.82) is 0 Å². The van der Waals surface area contributed by atoms with Crippen molar-refractivity contribution in [3.63, 3.8) is 0 Å². The summed E-state index contributed by atoms with van der Waals surface area (Å²) in [6, 6.07) is 6.14. The van der Waals surface area contributed by atoms with Crippen molar-refractivity contribution in [3.05, 3.63) is 39.4 Å². The number of nitrogens with zero attached hydrogens (tertiary/aromatic N) is 1. The van der Waals surface area contributed by atoms with Crippen LogP contribution in [0.4, 0.5) is 5.69 Å². The summed E-state index contributed by atoms with van der Waals surface area (Å²) < 4.78 is 0. The Labute approximate surface area is 114 Å². The maximum Gasteiger partial charge on any atom is 0.272 e. The van der Waals surface area contributed by atoms with E-state index in [0.29, 0.717) is 6.04 Å². The molecule has 0 aromatic heterocycles. The summed E-state index contributed by atoms with van der Waals surface area (Å²) in [6.45, 7) is 5.18. The molecule has 104 valence electrons. The highest BCUT2D eigenvalue weighted by atomic mass is 16.6. The monoisotopic (exact) mass is 262 g/mol. The lowest BCUT2D eigenvalue weighted by molar-refractivity contribution is -0.385. The molecule has 0 radical (unpaired) electrons. The molecule has 19 heavy (non-hydrogen) atoms. The lowest BCUT2D eigenvalue weighted by atomic mass is 9.91. The fourth-order valence-electron chi connectivity index (χ4n) is 2.79. The van der Waals surface area contributed by atoms with Gasteiger partial charge in [-0.25, -0.2) is 0 Å². The van der Waals surface area contributed by atoms with Crippen molar-refractivity contribution in [3.8, 4) is 0 Å². The molecule has 0 bridgehead atoms. The second-order valence-electron chi connectivity index (χ2n) is 5.70. The molecule has 0 saturated carbocycles.